The molecule has 0 saturated carbocycles. The summed E-state index contributed by atoms with van der Waals surface area (Å²) in [5.74, 6) is 0.755. The summed E-state index contributed by atoms with van der Waals surface area (Å²) in [6, 6.07) is 6.31. The standard InChI is InChI=1S/C16H18N2OS/c19-16(12-1-2-13-9-20-10-14(13)7-12)17-15-8-18-5-3-11(15)4-6-18/h1-2,7,9-11,15H,3-6,8H2,(H,17,19)/t15-/m1/s1. The molecule has 2 bridgehead atoms. The van der Waals surface area contributed by atoms with Crippen molar-refractivity contribution in [2.24, 2.45) is 5.92 Å². The molecule has 0 aliphatic carbocycles. The highest BCUT2D eigenvalue weighted by Gasteiger charge is 2.34. The van der Waals surface area contributed by atoms with Gasteiger partial charge in [0.1, 0.15) is 0 Å². The van der Waals surface area contributed by atoms with Gasteiger partial charge >= 0.3 is 0 Å². The number of hydrogen-bond acceptors (Lipinski definition) is 3. The van der Waals surface area contributed by atoms with Gasteiger partial charge in [0.15, 0.2) is 0 Å². The molecule has 104 valence electrons. The van der Waals surface area contributed by atoms with E-state index < -0.39 is 0 Å². The topological polar surface area (TPSA) is 32.3 Å². The van der Waals surface area contributed by atoms with Gasteiger partial charge < -0.3 is 10.2 Å². The van der Waals surface area contributed by atoms with Gasteiger partial charge in [-0.1, -0.05) is 6.07 Å². The van der Waals surface area contributed by atoms with Crippen molar-refractivity contribution in [3.8, 4) is 0 Å². The average molecular weight is 286 g/mol. The minimum Gasteiger partial charge on any atom is -0.348 e. The summed E-state index contributed by atoms with van der Waals surface area (Å²) in [5, 5.41) is 9.84. The first-order valence-electron chi connectivity index (χ1n) is 7.29. The van der Waals surface area contributed by atoms with Crippen LogP contribution < -0.4 is 5.32 Å². The predicted octanol–water partition coefficient (Wildman–Crippen LogP) is 2.73. The van der Waals surface area contributed by atoms with E-state index in [2.05, 4.69) is 21.0 Å². The van der Waals surface area contributed by atoms with E-state index in [9.17, 15) is 4.79 Å². The highest BCUT2D eigenvalue weighted by atomic mass is 32.1. The fourth-order valence-electron chi connectivity index (χ4n) is 3.49. The number of nitrogens with one attached hydrogen (secondary N) is 1. The number of carbonyl (C=O) groups is 1. The van der Waals surface area contributed by atoms with Crippen molar-refractivity contribution in [1.82, 2.24) is 10.2 Å². The number of benzene rings is 1. The molecule has 1 atom stereocenters. The fraction of sp³-hybridized carbons (Fsp3) is 0.438. The third kappa shape index (κ3) is 2.13. The zero-order chi connectivity index (χ0) is 13.5. The fourth-order valence-corrected chi connectivity index (χ4v) is 4.27. The van der Waals surface area contributed by atoms with Gasteiger partial charge in [-0.05, 0) is 65.5 Å². The first-order chi connectivity index (χ1) is 9.79. The van der Waals surface area contributed by atoms with Gasteiger partial charge in [0.25, 0.3) is 5.91 Å². The van der Waals surface area contributed by atoms with E-state index in [1.807, 2.05) is 18.2 Å². The van der Waals surface area contributed by atoms with Crippen molar-refractivity contribution < 1.29 is 4.79 Å². The lowest BCUT2D eigenvalue weighted by molar-refractivity contribution is 0.0620. The number of carbonyl (C=O) groups excluding carboxylic acids is 1. The molecule has 20 heavy (non-hydrogen) atoms. The third-order valence-corrected chi connectivity index (χ3v) is 5.49. The van der Waals surface area contributed by atoms with Crippen LogP contribution in [0.25, 0.3) is 10.8 Å². The first kappa shape index (κ1) is 12.4. The first-order valence-corrected chi connectivity index (χ1v) is 8.23. The van der Waals surface area contributed by atoms with Crippen molar-refractivity contribution in [3.63, 3.8) is 0 Å². The zero-order valence-corrected chi connectivity index (χ0v) is 12.2. The summed E-state index contributed by atoms with van der Waals surface area (Å²) in [6.07, 6.45) is 2.46. The number of nitrogens with zero attached hydrogens (tertiary/aromatic N) is 1. The smallest absolute Gasteiger partial charge is 0.251 e. The monoisotopic (exact) mass is 286 g/mol. The quantitative estimate of drug-likeness (QED) is 0.920. The maximum Gasteiger partial charge on any atom is 0.251 e. The van der Waals surface area contributed by atoms with Crippen molar-refractivity contribution in [3.05, 3.63) is 34.5 Å². The van der Waals surface area contributed by atoms with E-state index in [0.29, 0.717) is 12.0 Å². The molecule has 2 aromatic rings. The van der Waals surface area contributed by atoms with E-state index in [1.54, 1.807) is 11.3 Å². The van der Waals surface area contributed by atoms with Crippen LogP contribution in [0.1, 0.15) is 23.2 Å². The van der Waals surface area contributed by atoms with Crippen LogP contribution >= 0.6 is 11.3 Å². The van der Waals surface area contributed by atoms with Gasteiger partial charge in [-0.3, -0.25) is 4.79 Å². The van der Waals surface area contributed by atoms with Crippen LogP contribution in [0.15, 0.2) is 29.0 Å². The lowest BCUT2D eigenvalue weighted by Gasteiger charge is -2.44. The molecule has 3 aliphatic rings. The number of rotatable bonds is 2. The van der Waals surface area contributed by atoms with E-state index >= 15 is 0 Å². The van der Waals surface area contributed by atoms with Crippen LogP contribution in [0.5, 0.6) is 0 Å². The van der Waals surface area contributed by atoms with Crippen molar-refractivity contribution in [2.45, 2.75) is 18.9 Å². The Bertz CT molecular complexity index is 643. The maximum absolute atomic E-state index is 12.4. The van der Waals surface area contributed by atoms with Gasteiger partial charge in [-0.25, -0.2) is 0 Å². The van der Waals surface area contributed by atoms with Crippen LogP contribution in [0, 0.1) is 5.92 Å². The van der Waals surface area contributed by atoms with Gasteiger partial charge in [0.2, 0.25) is 0 Å². The van der Waals surface area contributed by atoms with E-state index in [-0.39, 0.29) is 5.91 Å². The van der Waals surface area contributed by atoms with Gasteiger partial charge in [0.05, 0.1) is 0 Å². The number of piperidine rings is 3. The molecule has 4 heteroatoms. The summed E-state index contributed by atoms with van der Waals surface area (Å²) < 4.78 is 0. The Labute approximate surface area is 122 Å². The van der Waals surface area contributed by atoms with Crippen LogP contribution in [-0.4, -0.2) is 36.5 Å². The van der Waals surface area contributed by atoms with Crippen LogP contribution in [0.3, 0.4) is 0 Å². The lowest BCUT2D eigenvalue weighted by atomic mass is 9.84. The molecule has 3 aliphatic heterocycles. The number of fused-ring (bicyclic) bond motifs is 4. The van der Waals surface area contributed by atoms with Crippen LogP contribution in [0.2, 0.25) is 0 Å². The highest BCUT2D eigenvalue weighted by Crippen LogP contribution is 2.28. The maximum atomic E-state index is 12.4. The number of amides is 1. The molecule has 1 aromatic heterocycles. The Morgan fingerprint density at radius 2 is 2.00 bits per heavy atom. The normalized spacial score (nSPS) is 28.7. The largest absolute Gasteiger partial charge is 0.348 e. The second-order valence-corrected chi connectivity index (χ2v) is 6.68. The summed E-state index contributed by atoms with van der Waals surface area (Å²) in [5.41, 5.74) is 0.785. The van der Waals surface area contributed by atoms with Crippen LogP contribution in [0.4, 0.5) is 0 Å². The molecular formula is C16H18N2OS. The van der Waals surface area contributed by atoms with E-state index in [4.69, 9.17) is 0 Å². The second kappa shape index (κ2) is 4.86. The van der Waals surface area contributed by atoms with Gasteiger partial charge in [-0.15, -0.1) is 0 Å². The second-order valence-electron chi connectivity index (χ2n) is 5.93. The molecule has 0 radical (unpaired) electrons. The molecule has 5 rings (SSSR count). The summed E-state index contributed by atoms with van der Waals surface area (Å²) >= 11 is 1.68. The van der Waals surface area contributed by atoms with Crippen LogP contribution in [-0.2, 0) is 0 Å². The predicted molar refractivity (Wildman–Crippen MR) is 82.2 cm³/mol. The molecule has 3 fully saturated rings. The minimum atomic E-state index is 0.0804. The molecular weight excluding hydrogens is 268 g/mol. The Morgan fingerprint density at radius 3 is 2.75 bits per heavy atom. The summed E-state index contributed by atoms with van der Waals surface area (Å²) in [7, 11) is 0. The Balaban J connectivity index is 1.52. The Hall–Kier alpha value is -1.39. The minimum absolute atomic E-state index is 0.0804. The molecule has 1 aromatic carbocycles. The molecule has 3 nitrogen and oxygen atoms in total. The van der Waals surface area contributed by atoms with Gasteiger partial charge in [-0.2, -0.15) is 11.3 Å². The van der Waals surface area contributed by atoms with Crippen molar-refractivity contribution in [2.75, 3.05) is 19.6 Å². The molecule has 0 unspecified atom stereocenters. The molecule has 3 saturated heterocycles. The average Bonchev–Trinajstić information content (AvgIpc) is 2.96. The molecule has 0 spiro atoms. The Kier molecular flexibility index (Phi) is 3.00. The van der Waals surface area contributed by atoms with Crippen molar-refractivity contribution >= 4 is 28.0 Å². The van der Waals surface area contributed by atoms with E-state index in [0.717, 1.165) is 17.5 Å². The lowest BCUT2D eigenvalue weighted by Crippen LogP contribution is -2.57. The summed E-state index contributed by atoms with van der Waals surface area (Å²) in [4.78, 5) is 14.9. The third-order valence-electron chi connectivity index (χ3n) is 4.71. The highest BCUT2D eigenvalue weighted by molar-refractivity contribution is 7.09. The number of hydrogen-bond donors (Lipinski definition) is 1. The van der Waals surface area contributed by atoms with Crippen molar-refractivity contribution in [1.29, 1.82) is 0 Å². The van der Waals surface area contributed by atoms with Gasteiger partial charge in [0, 0.05) is 18.2 Å². The molecule has 1 N–H and O–H groups in total. The van der Waals surface area contributed by atoms with E-state index in [1.165, 1.54) is 31.3 Å². The Morgan fingerprint density at radius 1 is 1.20 bits per heavy atom. The summed E-state index contributed by atoms with van der Waals surface area (Å²) in [6.45, 7) is 3.44. The molecule has 1 amide bonds. The number of thiophene rings is 1. The molecule has 4 heterocycles. The SMILES string of the molecule is O=C(N[C@@H]1CN2CCC1CC2)c1ccc2cscc2c1. The zero-order valence-electron chi connectivity index (χ0n) is 11.3.